The van der Waals surface area contributed by atoms with Gasteiger partial charge in [-0.15, -0.1) is 12.4 Å². The maximum absolute atomic E-state index is 12.2. The van der Waals surface area contributed by atoms with E-state index in [1.807, 2.05) is 31.0 Å². The molecule has 0 spiro atoms. The second-order valence-electron chi connectivity index (χ2n) is 5.87. The van der Waals surface area contributed by atoms with Gasteiger partial charge in [-0.2, -0.15) is 0 Å². The summed E-state index contributed by atoms with van der Waals surface area (Å²) in [6.45, 7) is 4.52. The van der Waals surface area contributed by atoms with Crippen molar-refractivity contribution in [3.8, 4) is 0 Å². The van der Waals surface area contributed by atoms with Gasteiger partial charge in [-0.25, -0.2) is 0 Å². The van der Waals surface area contributed by atoms with Crippen LogP contribution in [0, 0.1) is 5.92 Å². The van der Waals surface area contributed by atoms with Crippen molar-refractivity contribution in [2.75, 3.05) is 20.1 Å². The van der Waals surface area contributed by atoms with E-state index in [-0.39, 0.29) is 30.1 Å². The number of nitrogens with one attached hydrogen (secondary N) is 2. The second kappa shape index (κ2) is 9.53. The Morgan fingerprint density at radius 2 is 1.83 bits per heavy atom. The lowest BCUT2D eigenvalue weighted by molar-refractivity contribution is -0.132. The smallest absolute Gasteiger partial charge is 0.224 e. The van der Waals surface area contributed by atoms with Crippen LogP contribution in [0.2, 0.25) is 0 Å². The number of rotatable bonds is 7. The molecule has 23 heavy (non-hydrogen) atoms. The van der Waals surface area contributed by atoms with Gasteiger partial charge in [0.2, 0.25) is 11.8 Å². The number of amides is 2. The molecular weight excluding hydrogens is 314 g/mol. The SMILES string of the molecule is CNCC(C)C(=O)NCCCC(=O)N1Cc2ccccc2C1.Cl. The second-order valence-corrected chi connectivity index (χ2v) is 5.87. The van der Waals surface area contributed by atoms with Gasteiger partial charge >= 0.3 is 0 Å². The third-order valence-corrected chi connectivity index (χ3v) is 4.02. The fourth-order valence-electron chi connectivity index (χ4n) is 2.69. The average Bonchev–Trinajstić information content (AvgIpc) is 2.95. The molecule has 1 aliphatic rings. The van der Waals surface area contributed by atoms with Crippen LogP contribution in [0.4, 0.5) is 0 Å². The molecule has 0 radical (unpaired) electrons. The highest BCUT2D eigenvalue weighted by molar-refractivity contribution is 5.85. The van der Waals surface area contributed by atoms with Gasteiger partial charge < -0.3 is 15.5 Å². The van der Waals surface area contributed by atoms with Gasteiger partial charge in [-0.05, 0) is 24.6 Å². The summed E-state index contributed by atoms with van der Waals surface area (Å²) in [4.78, 5) is 25.8. The number of carbonyl (C=O) groups is 2. The highest BCUT2D eigenvalue weighted by Gasteiger charge is 2.22. The minimum Gasteiger partial charge on any atom is -0.356 e. The van der Waals surface area contributed by atoms with Crippen molar-refractivity contribution < 1.29 is 9.59 Å². The van der Waals surface area contributed by atoms with E-state index in [1.165, 1.54) is 11.1 Å². The fraction of sp³-hybridized carbons (Fsp3) is 0.529. The van der Waals surface area contributed by atoms with Crippen LogP contribution in [-0.4, -0.2) is 36.9 Å². The van der Waals surface area contributed by atoms with Crippen LogP contribution in [0.1, 0.15) is 30.9 Å². The Balaban J connectivity index is 0.00000264. The molecule has 1 unspecified atom stereocenters. The third kappa shape index (κ3) is 5.52. The Bertz CT molecular complexity index is 511. The molecule has 1 atom stereocenters. The number of halogens is 1. The Morgan fingerprint density at radius 3 is 2.39 bits per heavy atom. The molecule has 2 amide bonds. The Morgan fingerprint density at radius 1 is 1.22 bits per heavy atom. The number of benzene rings is 1. The quantitative estimate of drug-likeness (QED) is 0.743. The standard InChI is InChI=1S/C17H25N3O2.ClH/c1-13(10-18-2)17(22)19-9-5-8-16(21)20-11-14-6-3-4-7-15(14)12-20;/h3-4,6-7,13,18H,5,8-12H2,1-2H3,(H,19,22);1H. The Labute approximate surface area is 144 Å². The topological polar surface area (TPSA) is 61.4 Å². The van der Waals surface area contributed by atoms with E-state index in [0.29, 0.717) is 39.0 Å². The molecular formula is C17H26ClN3O2. The minimum atomic E-state index is -0.0474. The molecule has 2 rings (SSSR count). The van der Waals surface area contributed by atoms with E-state index < -0.39 is 0 Å². The van der Waals surface area contributed by atoms with Crippen molar-refractivity contribution in [3.05, 3.63) is 35.4 Å². The molecule has 0 aliphatic carbocycles. The number of fused-ring (bicyclic) bond motifs is 1. The zero-order valence-corrected chi connectivity index (χ0v) is 14.6. The maximum atomic E-state index is 12.2. The number of nitrogens with zero attached hydrogens (tertiary/aromatic N) is 1. The third-order valence-electron chi connectivity index (χ3n) is 4.02. The number of hydrogen-bond donors (Lipinski definition) is 2. The van der Waals surface area contributed by atoms with Crippen LogP contribution >= 0.6 is 12.4 Å². The highest BCUT2D eigenvalue weighted by atomic mass is 35.5. The van der Waals surface area contributed by atoms with Crippen LogP contribution in [0.5, 0.6) is 0 Å². The van der Waals surface area contributed by atoms with E-state index in [2.05, 4.69) is 22.8 Å². The van der Waals surface area contributed by atoms with Gasteiger partial charge in [0.05, 0.1) is 0 Å². The summed E-state index contributed by atoms with van der Waals surface area (Å²) in [6.07, 6.45) is 1.17. The summed E-state index contributed by atoms with van der Waals surface area (Å²) in [5.41, 5.74) is 2.48. The lowest BCUT2D eigenvalue weighted by Crippen LogP contribution is -2.35. The largest absolute Gasteiger partial charge is 0.356 e. The molecule has 0 aromatic heterocycles. The zero-order chi connectivity index (χ0) is 15.9. The van der Waals surface area contributed by atoms with E-state index >= 15 is 0 Å². The monoisotopic (exact) mass is 339 g/mol. The van der Waals surface area contributed by atoms with Gasteiger partial charge in [0.15, 0.2) is 0 Å². The predicted molar refractivity (Wildman–Crippen MR) is 93.3 cm³/mol. The summed E-state index contributed by atoms with van der Waals surface area (Å²) in [7, 11) is 1.83. The maximum Gasteiger partial charge on any atom is 0.224 e. The fourth-order valence-corrected chi connectivity index (χ4v) is 2.69. The minimum absolute atomic E-state index is 0. The van der Waals surface area contributed by atoms with Crippen molar-refractivity contribution in [1.29, 1.82) is 0 Å². The van der Waals surface area contributed by atoms with Crippen LogP contribution in [0.3, 0.4) is 0 Å². The van der Waals surface area contributed by atoms with Crippen LogP contribution in [-0.2, 0) is 22.7 Å². The van der Waals surface area contributed by atoms with E-state index in [4.69, 9.17) is 0 Å². The average molecular weight is 340 g/mol. The summed E-state index contributed by atoms with van der Waals surface area (Å²) >= 11 is 0. The van der Waals surface area contributed by atoms with Crippen molar-refractivity contribution in [3.63, 3.8) is 0 Å². The van der Waals surface area contributed by atoms with Gasteiger partial charge in [-0.3, -0.25) is 9.59 Å². The van der Waals surface area contributed by atoms with E-state index in [0.717, 1.165) is 0 Å². The van der Waals surface area contributed by atoms with Crippen LogP contribution in [0.15, 0.2) is 24.3 Å². The Hall–Kier alpha value is -1.59. The first kappa shape index (κ1) is 19.5. The van der Waals surface area contributed by atoms with Crippen LogP contribution in [0.25, 0.3) is 0 Å². The Kier molecular flexibility index (Phi) is 8.06. The molecule has 1 heterocycles. The van der Waals surface area contributed by atoms with Crippen molar-refractivity contribution in [2.24, 2.45) is 5.92 Å². The number of carbonyl (C=O) groups excluding carboxylic acids is 2. The summed E-state index contributed by atoms with van der Waals surface area (Å²) < 4.78 is 0. The van der Waals surface area contributed by atoms with Crippen LogP contribution < -0.4 is 10.6 Å². The molecule has 2 N–H and O–H groups in total. The highest BCUT2D eigenvalue weighted by Crippen LogP contribution is 2.22. The molecule has 1 aliphatic heterocycles. The predicted octanol–water partition coefficient (Wildman–Crippen LogP) is 1.70. The van der Waals surface area contributed by atoms with E-state index in [9.17, 15) is 9.59 Å². The molecule has 0 bridgehead atoms. The summed E-state index contributed by atoms with van der Waals surface area (Å²) in [5, 5.41) is 5.86. The first-order valence-electron chi connectivity index (χ1n) is 7.88. The molecule has 0 saturated heterocycles. The van der Waals surface area contributed by atoms with Crippen molar-refractivity contribution in [2.45, 2.75) is 32.9 Å². The summed E-state index contributed by atoms with van der Waals surface area (Å²) in [5.74, 6) is 0.151. The number of hydrogen-bond acceptors (Lipinski definition) is 3. The van der Waals surface area contributed by atoms with Gasteiger partial charge in [0.1, 0.15) is 0 Å². The lowest BCUT2D eigenvalue weighted by atomic mass is 10.1. The molecule has 1 aromatic carbocycles. The van der Waals surface area contributed by atoms with Gasteiger partial charge in [0.25, 0.3) is 0 Å². The van der Waals surface area contributed by atoms with Crippen molar-refractivity contribution >= 4 is 24.2 Å². The van der Waals surface area contributed by atoms with Gasteiger partial charge in [-0.1, -0.05) is 31.2 Å². The lowest BCUT2D eigenvalue weighted by Gasteiger charge is -2.16. The first-order chi connectivity index (χ1) is 10.6. The molecule has 1 aromatic rings. The van der Waals surface area contributed by atoms with Gasteiger partial charge in [0, 0.05) is 38.5 Å². The molecule has 5 nitrogen and oxygen atoms in total. The molecule has 0 saturated carbocycles. The molecule has 0 fully saturated rings. The van der Waals surface area contributed by atoms with E-state index in [1.54, 1.807) is 0 Å². The zero-order valence-electron chi connectivity index (χ0n) is 13.8. The van der Waals surface area contributed by atoms with Crippen molar-refractivity contribution in [1.82, 2.24) is 15.5 Å². The normalized spacial score (nSPS) is 13.9. The summed E-state index contributed by atoms with van der Waals surface area (Å²) in [6, 6.07) is 8.17. The molecule has 128 valence electrons. The first-order valence-corrected chi connectivity index (χ1v) is 7.88. The molecule has 6 heteroatoms.